The predicted molar refractivity (Wildman–Crippen MR) is 92.0 cm³/mol. The fourth-order valence-electron chi connectivity index (χ4n) is 2.16. The second-order valence-corrected chi connectivity index (χ2v) is 6.14. The summed E-state index contributed by atoms with van der Waals surface area (Å²) in [5.41, 5.74) is -0.239. The molecule has 1 atom stereocenters. The molecule has 0 unspecified atom stereocenters. The van der Waals surface area contributed by atoms with Crippen LogP contribution in [-0.4, -0.2) is 40.8 Å². The van der Waals surface area contributed by atoms with Gasteiger partial charge in [-0.15, -0.1) is 0 Å². The van der Waals surface area contributed by atoms with Gasteiger partial charge in [0.15, 0.2) is 28.3 Å². The van der Waals surface area contributed by atoms with E-state index in [1.807, 2.05) is 6.07 Å². The summed E-state index contributed by atoms with van der Waals surface area (Å²) in [6, 6.07) is 4.79. The number of hydrogen-bond acceptors (Lipinski definition) is 8. The molecule has 0 saturated heterocycles. The minimum Gasteiger partial charge on any atom is -0.493 e. The number of H-pyrrole nitrogens is 1. The minimum atomic E-state index is -1.27. The van der Waals surface area contributed by atoms with E-state index in [0.29, 0.717) is 11.5 Å². The number of benzene rings is 1. The van der Waals surface area contributed by atoms with Crippen LogP contribution in [-0.2, 0) is 9.59 Å². The first kappa shape index (κ1) is 18.5. The van der Waals surface area contributed by atoms with Crippen LogP contribution in [0, 0.1) is 11.3 Å². The van der Waals surface area contributed by atoms with Crippen LogP contribution in [0.5, 0.6) is 11.5 Å². The third-order valence-corrected chi connectivity index (χ3v) is 4.21. The maximum Gasteiger partial charge on any atom is 0.258 e. The smallest absolute Gasteiger partial charge is 0.258 e. The SMILES string of the molecule is COc1cc2nc([C@H](C#N)C(=O)CSC(C)=O)[nH]c(=O)c2cc1OC. The second-order valence-electron chi connectivity index (χ2n) is 4.98. The first-order valence-corrected chi connectivity index (χ1v) is 8.11. The molecule has 8 nitrogen and oxygen atoms in total. The van der Waals surface area contributed by atoms with Gasteiger partial charge in [0, 0.05) is 13.0 Å². The van der Waals surface area contributed by atoms with Crippen molar-refractivity contribution in [3.63, 3.8) is 0 Å². The summed E-state index contributed by atoms with van der Waals surface area (Å²) in [5, 5.41) is 9.29. The van der Waals surface area contributed by atoms with Crippen molar-refractivity contribution in [2.75, 3.05) is 20.0 Å². The maximum atomic E-state index is 12.3. The van der Waals surface area contributed by atoms with Gasteiger partial charge in [-0.2, -0.15) is 5.26 Å². The molecule has 1 heterocycles. The summed E-state index contributed by atoms with van der Waals surface area (Å²) in [4.78, 5) is 42.1. The highest BCUT2D eigenvalue weighted by Crippen LogP contribution is 2.30. The standard InChI is InChI=1S/C16H15N3O5S/c1-8(20)25-7-12(21)10(6-17)15-18-11-5-14(24-3)13(23-2)4-9(11)16(22)19-15/h4-5,10H,7H2,1-3H3,(H,18,19,22)/t10-/m1/s1. The van der Waals surface area contributed by atoms with Crippen molar-refractivity contribution in [2.24, 2.45) is 0 Å². The van der Waals surface area contributed by atoms with Gasteiger partial charge < -0.3 is 14.5 Å². The molecule has 1 N–H and O–H groups in total. The fourth-order valence-corrected chi connectivity index (χ4v) is 2.67. The van der Waals surface area contributed by atoms with E-state index in [1.165, 1.54) is 33.3 Å². The van der Waals surface area contributed by atoms with Crippen molar-refractivity contribution in [1.29, 1.82) is 5.26 Å². The van der Waals surface area contributed by atoms with Gasteiger partial charge in [-0.25, -0.2) is 4.98 Å². The van der Waals surface area contributed by atoms with Gasteiger partial charge in [0.05, 0.1) is 36.9 Å². The summed E-state index contributed by atoms with van der Waals surface area (Å²) in [7, 11) is 2.88. The first-order chi connectivity index (χ1) is 11.9. The molecule has 1 aromatic carbocycles. The Balaban J connectivity index is 2.51. The zero-order valence-corrected chi connectivity index (χ0v) is 14.6. The molecule has 0 fully saturated rings. The summed E-state index contributed by atoms with van der Waals surface area (Å²) >= 11 is 0.801. The molecule has 0 aliphatic rings. The Morgan fingerprint density at radius 3 is 2.52 bits per heavy atom. The van der Waals surface area contributed by atoms with Gasteiger partial charge in [-0.05, 0) is 6.07 Å². The van der Waals surface area contributed by atoms with Gasteiger partial charge in [0.2, 0.25) is 0 Å². The number of nitrogens with one attached hydrogen (secondary N) is 1. The molecule has 0 aliphatic heterocycles. The average molecular weight is 361 g/mol. The molecule has 2 rings (SSSR count). The van der Waals surface area contributed by atoms with E-state index >= 15 is 0 Å². The highest BCUT2D eigenvalue weighted by Gasteiger charge is 2.24. The number of rotatable bonds is 6. The van der Waals surface area contributed by atoms with E-state index in [-0.39, 0.29) is 27.6 Å². The van der Waals surface area contributed by atoms with Crippen LogP contribution >= 0.6 is 11.8 Å². The van der Waals surface area contributed by atoms with E-state index in [0.717, 1.165) is 11.8 Å². The van der Waals surface area contributed by atoms with Crippen molar-refractivity contribution in [1.82, 2.24) is 9.97 Å². The molecule has 130 valence electrons. The van der Waals surface area contributed by atoms with Crippen LogP contribution in [0.4, 0.5) is 0 Å². The molecule has 0 aliphatic carbocycles. The van der Waals surface area contributed by atoms with E-state index in [2.05, 4.69) is 9.97 Å². The summed E-state index contributed by atoms with van der Waals surface area (Å²) < 4.78 is 10.3. The van der Waals surface area contributed by atoms with Gasteiger partial charge in [-0.1, -0.05) is 11.8 Å². The van der Waals surface area contributed by atoms with E-state index in [1.54, 1.807) is 0 Å². The van der Waals surface area contributed by atoms with E-state index < -0.39 is 17.3 Å². The Kier molecular flexibility index (Phi) is 5.77. The number of Topliss-reactive ketones (excluding diaryl/α,β-unsaturated/α-hetero) is 1. The maximum absolute atomic E-state index is 12.3. The first-order valence-electron chi connectivity index (χ1n) is 7.13. The normalized spacial score (nSPS) is 11.6. The molecular formula is C16H15N3O5S. The average Bonchev–Trinajstić information content (AvgIpc) is 2.59. The van der Waals surface area contributed by atoms with Crippen molar-refractivity contribution >= 4 is 33.6 Å². The molecule has 1 aromatic heterocycles. The number of carbonyl (C=O) groups excluding carboxylic acids is 2. The second kappa shape index (κ2) is 7.81. The monoisotopic (exact) mass is 361 g/mol. The lowest BCUT2D eigenvalue weighted by molar-refractivity contribution is -0.117. The Labute approximate surface area is 147 Å². The molecule has 0 spiro atoms. The van der Waals surface area contributed by atoms with Crippen molar-refractivity contribution in [3.8, 4) is 17.6 Å². The number of methoxy groups -OCH3 is 2. The zero-order chi connectivity index (χ0) is 18.6. The van der Waals surface area contributed by atoms with Crippen LogP contribution in [0.2, 0.25) is 0 Å². The lowest BCUT2D eigenvalue weighted by atomic mass is 10.1. The Morgan fingerprint density at radius 2 is 1.96 bits per heavy atom. The number of fused-ring (bicyclic) bond motifs is 1. The number of ketones is 1. The third-order valence-electron chi connectivity index (χ3n) is 3.37. The molecule has 25 heavy (non-hydrogen) atoms. The fraction of sp³-hybridized carbons (Fsp3) is 0.312. The largest absolute Gasteiger partial charge is 0.493 e. The van der Waals surface area contributed by atoms with Crippen LogP contribution in [0.25, 0.3) is 10.9 Å². The van der Waals surface area contributed by atoms with Crippen LogP contribution < -0.4 is 15.0 Å². The number of aromatic nitrogens is 2. The Hall–Kier alpha value is -2.86. The molecule has 0 saturated carbocycles. The lowest BCUT2D eigenvalue weighted by Gasteiger charge is -2.11. The predicted octanol–water partition coefficient (Wildman–Crippen LogP) is 1.40. The molecule has 0 amide bonds. The highest BCUT2D eigenvalue weighted by molar-refractivity contribution is 8.14. The van der Waals surface area contributed by atoms with E-state index in [4.69, 9.17) is 9.47 Å². The Morgan fingerprint density at radius 1 is 1.32 bits per heavy atom. The number of ether oxygens (including phenoxy) is 2. The molecule has 0 bridgehead atoms. The van der Waals surface area contributed by atoms with Crippen molar-refractivity contribution < 1.29 is 19.1 Å². The number of hydrogen-bond donors (Lipinski definition) is 1. The van der Waals surface area contributed by atoms with Gasteiger partial charge >= 0.3 is 0 Å². The number of aromatic amines is 1. The number of thioether (sulfide) groups is 1. The quantitative estimate of drug-likeness (QED) is 0.819. The lowest BCUT2D eigenvalue weighted by Crippen LogP contribution is -2.21. The molecule has 0 radical (unpaired) electrons. The number of nitriles is 1. The number of carbonyl (C=O) groups is 2. The van der Waals surface area contributed by atoms with Gasteiger partial charge in [0.1, 0.15) is 5.82 Å². The number of nitrogens with zero attached hydrogens (tertiary/aromatic N) is 2. The van der Waals surface area contributed by atoms with Crippen molar-refractivity contribution in [3.05, 3.63) is 28.3 Å². The third kappa shape index (κ3) is 3.97. The molecule has 9 heteroatoms. The van der Waals surface area contributed by atoms with Crippen LogP contribution in [0.1, 0.15) is 18.7 Å². The molecule has 2 aromatic rings. The Bertz CT molecular complexity index is 932. The molecular weight excluding hydrogens is 346 g/mol. The van der Waals surface area contributed by atoms with Crippen LogP contribution in [0.3, 0.4) is 0 Å². The van der Waals surface area contributed by atoms with Crippen LogP contribution in [0.15, 0.2) is 16.9 Å². The minimum absolute atomic E-state index is 0.0682. The summed E-state index contributed by atoms with van der Waals surface area (Å²) in [6.07, 6.45) is 0. The van der Waals surface area contributed by atoms with Gasteiger partial charge in [0.25, 0.3) is 5.56 Å². The topological polar surface area (TPSA) is 122 Å². The highest BCUT2D eigenvalue weighted by atomic mass is 32.2. The van der Waals surface area contributed by atoms with E-state index in [9.17, 15) is 19.6 Å². The zero-order valence-electron chi connectivity index (χ0n) is 13.8. The van der Waals surface area contributed by atoms with Crippen molar-refractivity contribution in [2.45, 2.75) is 12.8 Å². The summed E-state index contributed by atoms with van der Waals surface area (Å²) in [6.45, 7) is 1.33. The summed E-state index contributed by atoms with van der Waals surface area (Å²) in [5.74, 6) is -1.28. The van der Waals surface area contributed by atoms with Gasteiger partial charge in [-0.3, -0.25) is 14.4 Å².